The Kier molecular flexibility index (Phi) is 5.58. The zero-order valence-corrected chi connectivity index (χ0v) is 25.4. The molecule has 0 aliphatic heterocycles. The standard InChI is InChI=1S/C43H32N2/c1-43(2)37-25-15-14-24-35(37)39-33-22-12-13-23-34(33)42-40(41(39)43)36-27-26-32(28-38(36)45(42)31-20-10-5-11-21-31)44(29-16-6-3-7-17-29)30-18-8-4-9-19-30/h3-28H,1-2H3. The van der Waals surface area contributed by atoms with Crippen LogP contribution in [0.25, 0.3) is 49.4 Å². The van der Waals surface area contributed by atoms with Crippen molar-refractivity contribution < 1.29 is 0 Å². The molecular weight excluding hydrogens is 544 g/mol. The number of benzene rings is 7. The molecule has 0 N–H and O–H groups in total. The summed E-state index contributed by atoms with van der Waals surface area (Å²) in [5.41, 5.74) is 12.4. The summed E-state index contributed by atoms with van der Waals surface area (Å²) in [6.07, 6.45) is 0. The molecule has 0 bridgehead atoms. The Morgan fingerprint density at radius 3 is 1.78 bits per heavy atom. The second-order valence-electron chi connectivity index (χ2n) is 12.6. The van der Waals surface area contributed by atoms with E-state index >= 15 is 0 Å². The number of aromatic nitrogens is 1. The second-order valence-corrected chi connectivity index (χ2v) is 12.6. The number of rotatable bonds is 4. The van der Waals surface area contributed by atoms with Crippen LogP contribution in [0.4, 0.5) is 17.1 Å². The predicted molar refractivity (Wildman–Crippen MR) is 191 cm³/mol. The van der Waals surface area contributed by atoms with Gasteiger partial charge < -0.3 is 9.47 Å². The Morgan fingerprint density at radius 2 is 1.09 bits per heavy atom. The second kappa shape index (κ2) is 9.70. The summed E-state index contributed by atoms with van der Waals surface area (Å²) >= 11 is 0. The lowest BCUT2D eigenvalue weighted by Crippen LogP contribution is -2.15. The lowest BCUT2D eigenvalue weighted by Gasteiger charge is -2.25. The van der Waals surface area contributed by atoms with E-state index in [2.05, 4.69) is 181 Å². The summed E-state index contributed by atoms with van der Waals surface area (Å²) < 4.78 is 2.50. The molecule has 1 aliphatic carbocycles. The van der Waals surface area contributed by atoms with Crippen molar-refractivity contribution in [3.8, 4) is 16.8 Å². The first-order valence-corrected chi connectivity index (χ1v) is 15.7. The third-order valence-electron chi connectivity index (χ3n) is 9.70. The average Bonchev–Trinajstić information content (AvgIpc) is 3.55. The van der Waals surface area contributed by atoms with Crippen molar-refractivity contribution in [2.75, 3.05) is 4.90 Å². The summed E-state index contributed by atoms with van der Waals surface area (Å²) in [7, 11) is 0. The Hall–Kier alpha value is -5.60. The number of para-hydroxylation sites is 3. The van der Waals surface area contributed by atoms with Gasteiger partial charge in [-0.25, -0.2) is 0 Å². The number of nitrogens with zero attached hydrogens (tertiary/aromatic N) is 2. The Labute approximate surface area is 263 Å². The smallest absolute Gasteiger partial charge is 0.0623 e. The van der Waals surface area contributed by atoms with Gasteiger partial charge in [-0.2, -0.15) is 0 Å². The van der Waals surface area contributed by atoms with Crippen molar-refractivity contribution in [1.82, 2.24) is 4.57 Å². The van der Waals surface area contributed by atoms with Crippen LogP contribution >= 0.6 is 0 Å². The summed E-state index contributed by atoms with van der Waals surface area (Å²) in [5, 5.41) is 5.22. The zero-order chi connectivity index (χ0) is 30.1. The molecule has 0 saturated heterocycles. The molecule has 1 heterocycles. The third-order valence-corrected chi connectivity index (χ3v) is 9.70. The van der Waals surface area contributed by atoms with Crippen molar-refractivity contribution in [1.29, 1.82) is 0 Å². The first kappa shape index (κ1) is 25.9. The molecule has 214 valence electrons. The fraction of sp³-hybridized carbons (Fsp3) is 0.0698. The molecular formula is C43H32N2. The van der Waals surface area contributed by atoms with Gasteiger partial charge in [-0.15, -0.1) is 0 Å². The van der Waals surface area contributed by atoms with Crippen LogP contribution in [-0.2, 0) is 5.41 Å². The third kappa shape index (κ3) is 3.69. The van der Waals surface area contributed by atoms with E-state index in [-0.39, 0.29) is 5.41 Å². The van der Waals surface area contributed by atoms with E-state index in [4.69, 9.17) is 0 Å². The summed E-state index contributed by atoms with van der Waals surface area (Å²) in [4.78, 5) is 2.36. The Balaban J connectivity index is 1.46. The highest BCUT2D eigenvalue weighted by Gasteiger charge is 2.39. The fourth-order valence-corrected chi connectivity index (χ4v) is 7.82. The first-order chi connectivity index (χ1) is 22.1. The van der Waals surface area contributed by atoms with Crippen LogP contribution in [0.15, 0.2) is 158 Å². The van der Waals surface area contributed by atoms with Gasteiger partial charge in [0, 0.05) is 44.3 Å². The minimum absolute atomic E-state index is 0.150. The van der Waals surface area contributed by atoms with Gasteiger partial charge in [0.25, 0.3) is 0 Å². The molecule has 0 amide bonds. The average molecular weight is 577 g/mol. The number of anilines is 3. The minimum Gasteiger partial charge on any atom is -0.310 e. The van der Waals surface area contributed by atoms with E-state index in [0.717, 1.165) is 17.1 Å². The van der Waals surface area contributed by atoms with Crippen LogP contribution in [0.3, 0.4) is 0 Å². The number of fused-ring (bicyclic) bond motifs is 10. The van der Waals surface area contributed by atoms with E-state index in [9.17, 15) is 0 Å². The molecule has 2 nitrogen and oxygen atoms in total. The van der Waals surface area contributed by atoms with Crippen molar-refractivity contribution >= 4 is 49.6 Å². The molecule has 2 heteroatoms. The molecule has 45 heavy (non-hydrogen) atoms. The maximum Gasteiger partial charge on any atom is 0.0623 e. The SMILES string of the molecule is CC1(C)c2ccccc2-c2c1c1c3ccc(N(c4ccccc4)c4ccccc4)cc3n(-c3ccccc3)c1c1ccccc21. The molecule has 0 fully saturated rings. The highest BCUT2D eigenvalue weighted by atomic mass is 15.1. The zero-order valence-electron chi connectivity index (χ0n) is 25.4. The molecule has 0 spiro atoms. The molecule has 7 aromatic carbocycles. The van der Waals surface area contributed by atoms with Crippen LogP contribution in [-0.4, -0.2) is 4.57 Å². The van der Waals surface area contributed by atoms with E-state index in [1.54, 1.807) is 0 Å². The van der Waals surface area contributed by atoms with Gasteiger partial charge in [0.05, 0.1) is 11.0 Å². The maximum atomic E-state index is 2.50. The van der Waals surface area contributed by atoms with Gasteiger partial charge in [-0.05, 0) is 76.2 Å². The molecule has 0 saturated carbocycles. The van der Waals surface area contributed by atoms with Crippen LogP contribution in [0, 0.1) is 0 Å². The molecule has 9 rings (SSSR count). The lowest BCUT2D eigenvalue weighted by molar-refractivity contribution is 0.667. The number of hydrogen-bond acceptors (Lipinski definition) is 1. The topological polar surface area (TPSA) is 8.17 Å². The van der Waals surface area contributed by atoms with E-state index < -0.39 is 0 Å². The lowest BCUT2D eigenvalue weighted by atomic mass is 9.79. The summed E-state index contributed by atoms with van der Waals surface area (Å²) in [5.74, 6) is 0. The first-order valence-electron chi connectivity index (χ1n) is 15.7. The molecule has 1 aromatic heterocycles. The van der Waals surface area contributed by atoms with Gasteiger partial charge in [0.2, 0.25) is 0 Å². The molecule has 8 aromatic rings. The molecule has 0 radical (unpaired) electrons. The minimum atomic E-state index is -0.150. The Morgan fingerprint density at radius 1 is 0.511 bits per heavy atom. The summed E-state index contributed by atoms with van der Waals surface area (Å²) in [6.45, 7) is 4.80. The van der Waals surface area contributed by atoms with Gasteiger partial charge >= 0.3 is 0 Å². The quantitative estimate of drug-likeness (QED) is 0.202. The van der Waals surface area contributed by atoms with E-state index in [1.165, 1.54) is 60.5 Å². The van der Waals surface area contributed by atoms with Gasteiger partial charge in [0.1, 0.15) is 0 Å². The normalized spacial score (nSPS) is 13.3. The van der Waals surface area contributed by atoms with Crippen LogP contribution in [0.2, 0.25) is 0 Å². The van der Waals surface area contributed by atoms with Crippen LogP contribution in [0.1, 0.15) is 25.0 Å². The molecule has 0 atom stereocenters. The number of hydrogen-bond donors (Lipinski definition) is 0. The van der Waals surface area contributed by atoms with Crippen molar-refractivity contribution in [3.63, 3.8) is 0 Å². The predicted octanol–water partition coefficient (Wildman–Crippen LogP) is 11.7. The van der Waals surface area contributed by atoms with Gasteiger partial charge in [-0.1, -0.05) is 123 Å². The summed E-state index contributed by atoms with van der Waals surface area (Å²) in [6, 6.07) is 57.3. The van der Waals surface area contributed by atoms with E-state index in [0.29, 0.717) is 0 Å². The largest absolute Gasteiger partial charge is 0.310 e. The highest BCUT2D eigenvalue weighted by Crippen LogP contribution is 2.56. The van der Waals surface area contributed by atoms with Crippen LogP contribution in [0.5, 0.6) is 0 Å². The van der Waals surface area contributed by atoms with Crippen molar-refractivity contribution in [2.45, 2.75) is 19.3 Å². The molecule has 1 aliphatic rings. The highest BCUT2D eigenvalue weighted by molar-refractivity contribution is 6.26. The van der Waals surface area contributed by atoms with Crippen LogP contribution < -0.4 is 4.90 Å². The van der Waals surface area contributed by atoms with Gasteiger partial charge in [-0.3, -0.25) is 0 Å². The van der Waals surface area contributed by atoms with E-state index in [1.807, 2.05) is 0 Å². The maximum absolute atomic E-state index is 2.50. The van der Waals surface area contributed by atoms with Crippen molar-refractivity contribution in [3.05, 3.63) is 169 Å². The Bertz CT molecular complexity index is 2340. The fourth-order valence-electron chi connectivity index (χ4n) is 7.82. The monoisotopic (exact) mass is 576 g/mol. The molecule has 0 unspecified atom stereocenters. The van der Waals surface area contributed by atoms with Crippen molar-refractivity contribution in [2.24, 2.45) is 0 Å². The van der Waals surface area contributed by atoms with Gasteiger partial charge in [0.15, 0.2) is 0 Å².